The quantitative estimate of drug-likeness (QED) is 0.852. The Balaban J connectivity index is 2.22. The highest BCUT2D eigenvalue weighted by Crippen LogP contribution is 2.38. The predicted molar refractivity (Wildman–Crippen MR) is 79.4 cm³/mol. The van der Waals surface area contributed by atoms with Crippen molar-refractivity contribution in [2.45, 2.75) is 45.5 Å². The van der Waals surface area contributed by atoms with Crippen LogP contribution in [0.5, 0.6) is 0 Å². The highest BCUT2D eigenvalue weighted by molar-refractivity contribution is 5.56. The molecule has 0 bridgehead atoms. The van der Waals surface area contributed by atoms with Gasteiger partial charge in [-0.05, 0) is 36.5 Å². The van der Waals surface area contributed by atoms with E-state index in [0.717, 1.165) is 12.8 Å². The first-order chi connectivity index (χ1) is 9.77. The summed E-state index contributed by atoms with van der Waals surface area (Å²) in [6.45, 7) is 5.10. The molecule has 0 aliphatic heterocycles. The van der Waals surface area contributed by atoms with Crippen molar-refractivity contribution >= 4 is 5.69 Å². The molecule has 0 atom stereocenters. The minimum atomic E-state index is -4.32. The van der Waals surface area contributed by atoms with Crippen molar-refractivity contribution < 1.29 is 13.2 Å². The molecule has 2 rings (SSSR count). The summed E-state index contributed by atoms with van der Waals surface area (Å²) in [5, 5.41) is 3.15. The van der Waals surface area contributed by atoms with E-state index >= 15 is 0 Å². The van der Waals surface area contributed by atoms with Gasteiger partial charge in [-0.3, -0.25) is 0 Å². The van der Waals surface area contributed by atoms with Gasteiger partial charge in [0.1, 0.15) is 0 Å². The van der Waals surface area contributed by atoms with Gasteiger partial charge in [0.2, 0.25) is 0 Å². The molecule has 0 amide bonds. The van der Waals surface area contributed by atoms with Gasteiger partial charge in [-0.25, -0.2) is 0 Å². The molecular formula is C16H23F3N2. The number of alkyl halides is 3. The smallest absolute Gasteiger partial charge is 0.374 e. The molecule has 0 heterocycles. The number of nitrogens with one attached hydrogen (secondary N) is 1. The molecule has 0 unspecified atom stereocenters. The van der Waals surface area contributed by atoms with Crippen LogP contribution in [0.2, 0.25) is 0 Å². The predicted octanol–water partition coefficient (Wildman–Crippen LogP) is 4.05. The number of nitrogens with zero attached hydrogens (tertiary/aromatic N) is 1. The molecule has 5 heteroatoms. The van der Waals surface area contributed by atoms with Crippen molar-refractivity contribution in [3.63, 3.8) is 0 Å². The summed E-state index contributed by atoms with van der Waals surface area (Å²) in [4.78, 5) is 1.74. The second-order valence-electron chi connectivity index (χ2n) is 6.21. The normalized spacial score (nSPS) is 15.6. The summed E-state index contributed by atoms with van der Waals surface area (Å²) in [6, 6.07) is 4.90. The van der Waals surface area contributed by atoms with Gasteiger partial charge in [0, 0.05) is 31.9 Å². The Morgan fingerprint density at radius 2 is 1.95 bits per heavy atom. The highest BCUT2D eigenvalue weighted by Gasteiger charge is 2.35. The average Bonchev–Trinajstić information content (AvgIpc) is 3.18. The van der Waals surface area contributed by atoms with Crippen molar-refractivity contribution in [2.24, 2.45) is 5.92 Å². The fourth-order valence-corrected chi connectivity index (χ4v) is 2.36. The van der Waals surface area contributed by atoms with E-state index in [1.165, 1.54) is 6.07 Å². The maximum atomic E-state index is 13.3. The highest BCUT2D eigenvalue weighted by atomic mass is 19.4. The zero-order chi connectivity index (χ0) is 15.6. The molecule has 1 fully saturated rings. The van der Waals surface area contributed by atoms with Crippen molar-refractivity contribution in [1.29, 1.82) is 0 Å². The molecule has 0 saturated heterocycles. The van der Waals surface area contributed by atoms with Crippen LogP contribution in [-0.4, -0.2) is 19.6 Å². The molecule has 1 aliphatic rings. The maximum Gasteiger partial charge on any atom is 0.418 e. The number of anilines is 1. The molecule has 118 valence electrons. The SMILES string of the molecule is CC(C)NCc1ccc(N(C)CC2CC2)c(C(F)(F)F)c1. The average molecular weight is 300 g/mol. The van der Waals surface area contributed by atoms with E-state index < -0.39 is 11.7 Å². The van der Waals surface area contributed by atoms with E-state index in [2.05, 4.69) is 5.32 Å². The second kappa shape index (κ2) is 6.26. The Morgan fingerprint density at radius 3 is 2.48 bits per heavy atom. The summed E-state index contributed by atoms with van der Waals surface area (Å²) in [5.74, 6) is 0.554. The lowest BCUT2D eigenvalue weighted by atomic mass is 10.1. The van der Waals surface area contributed by atoms with Crippen molar-refractivity contribution in [2.75, 3.05) is 18.5 Å². The standard InChI is InChI=1S/C16H23F3N2/c1-11(2)20-9-13-6-7-15(14(8-13)16(17,18)19)21(3)10-12-4-5-12/h6-8,11-12,20H,4-5,9-10H2,1-3H3. The van der Waals surface area contributed by atoms with Crippen LogP contribution in [0.15, 0.2) is 18.2 Å². The third kappa shape index (κ3) is 4.63. The largest absolute Gasteiger partial charge is 0.418 e. The molecule has 1 aliphatic carbocycles. The van der Waals surface area contributed by atoms with E-state index in [4.69, 9.17) is 0 Å². The van der Waals surface area contributed by atoms with Crippen LogP contribution >= 0.6 is 0 Å². The summed E-state index contributed by atoms with van der Waals surface area (Å²) in [6.07, 6.45) is -2.06. The van der Waals surface area contributed by atoms with E-state index in [1.807, 2.05) is 13.8 Å². The van der Waals surface area contributed by atoms with Crippen LogP contribution in [0.3, 0.4) is 0 Å². The van der Waals surface area contributed by atoms with E-state index in [0.29, 0.717) is 24.6 Å². The van der Waals surface area contributed by atoms with Gasteiger partial charge in [0.15, 0.2) is 0 Å². The first-order valence-electron chi connectivity index (χ1n) is 7.42. The van der Waals surface area contributed by atoms with Gasteiger partial charge < -0.3 is 10.2 Å². The van der Waals surface area contributed by atoms with Gasteiger partial charge in [-0.2, -0.15) is 13.2 Å². The number of hydrogen-bond donors (Lipinski definition) is 1. The minimum absolute atomic E-state index is 0.247. The number of rotatable bonds is 6. The molecule has 2 nitrogen and oxygen atoms in total. The summed E-state index contributed by atoms with van der Waals surface area (Å²) >= 11 is 0. The van der Waals surface area contributed by atoms with Crippen LogP contribution in [-0.2, 0) is 12.7 Å². The molecule has 1 N–H and O–H groups in total. The van der Waals surface area contributed by atoms with Crippen LogP contribution in [0, 0.1) is 5.92 Å². The van der Waals surface area contributed by atoms with Crippen molar-refractivity contribution in [3.8, 4) is 0 Å². The van der Waals surface area contributed by atoms with E-state index in [-0.39, 0.29) is 11.7 Å². The van der Waals surface area contributed by atoms with Crippen LogP contribution < -0.4 is 10.2 Å². The Kier molecular flexibility index (Phi) is 4.81. The van der Waals surface area contributed by atoms with Crippen molar-refractivity contribution in [3.05, 3.63) is 29.3 Å². The Hall–Kier alpha value is -1.23. The number of benzene rings is 1. The molecule has 0 spiro atoms. The first kappa shape index (κ1) is 16.1. The van der Waals surface area contributed by atoms with Gasteiger partial charge in [0.25, 0.3) is 0 Å². The molecule has 1 aromatic rings. The van der Waals surface area contributed by atoms with E-state index in [9.17, 15) is 13.2 Å². The van der Waals surface area contributed by atoms with Gasteiger partial charge in [0.05, 0.1) is 5.56 Å². The first-order valence-corrected chi connectivity index (χ1v) is 7.42. The topological polar surface area (TPSA) is 15.3 Å². The fourth-order valence-electron chi connectivity index (χ4n) is 2.36. The van der Waals surface area contributed by atoms with Crippen LogP contribution in [0.4, 0.5) is 18.9 Å². The Bertz CT molecular complexity index is 479. The lowest BCUT2D eigenvalue weighted by Crippen LogP contribution is -2.25. The fraction of sp³-hybridized carbons (Fsp3) is 0.625. The summed E-state index contributed by atoms with van der Waals surface area (Å²) in [5.41, 5.74) is 0.413. The molecule has 1 aromatic carbocycles. The van der Waals surface area contributed by atoms with Crippen molar-refractivity contribution in [1.82, 2.24) is 5.32 Å². The molecule has 0 radical (unpaired) electrons. The van der Waals surface area contributed by atoms with Gasteiger partial charge in [-0.15, -0.1) is 0 Å². The molecule has 1 saturated carbocycles. The monoisotopic (exact) mass is 300 g/mol. The van der Waals surface area contributed by atoms with Gasteiger partial charge in [-0.1, -0.05) is 19.9 Å². The molecule has 0 aromatic heterocycles. The van der Waals surface area contributed by atoms with Crippen LogP contribution in [0.1, 0.15) is 37.8 Å². The third-order valence-corrected chi connectivity index (χ3v) is 3.72. The summed E-state index contributed by atoms with van der Waals surface area (Å²) in [7, 11) is 1.74. The zero-order valence-electron chi connectivity index (χ0n) is 12.8. The molecule has 21 heavy (non-hydrogen) atoms. The third-order valence-electron chi connectivity index (χ3n) is 3.72. The maximum absolute atomic E-state index is 13.3. The Morgan fingerprint density at radius 1 is 1.29 bits per heavy atom. The second-order valence-corrected chi connectivity index (χ2v) is 6.21. The van der Waals surface area contributed by atoms with Gasteiger partial charge >= 0.3 is 6.18 Å². The zero-order valence-corrected chi connectivity index (χ0v) is 12.8. The number of halogens is 3. The molecular weight excluding hydrogens is 277 g/mol. The summed E-state index contributed by atoms with van der Waals surface area (Å²) < 4.78 is 39.9. The minimum Gasteiger partial charge on any atom is -0.374 e. The van der Waals surface area contributed by atoms with Crippen LogP contribution in [0.25, 0.3) is 0 Å². The number of hydrogen-bond acceptors (Lipinski definition) is 2. The van der Waals surface area contributed by atoms with E-state index in [1.54, 1.807) is 24.1 Å². The lowest BCUT2D eigenvalue weighted by molar-refractivity contribution is -0.137. The lowest BCUT2D eigenvalue weighted by Gasteiger charge is -2.24. The Labute approximate surface area is 124 Å².